The van der Waals surface area contributed by atoms with E-state index >= 15 is 0 Å². The molecule has 1 aliphatic heterocycles. The number of nitrogens with zero attached hydrogens (tertiary/aromatic N) is 2. The molecule has 1 aromatic rings. The van der Waals surface area contributed by atoms with Crippen LogP contribution in [0.3, 0.4) is 0 Å². The Balaban J connectivity index is 2.28. The van der Waals surface area contributed by atoms with Gasteiger partial charge in [0.05, 0.1) is 4.92 Å². The number of amides is 2. The molecule has 0 aromatic heterocycles. The molecule has 1 unspecified atom stereocenters. The summed E-state index contributed by atoms with van der Waals surface area (Å²) < 4.78 is 0. The van der Waals surface area contributed by atoms with E-state index in [0.717, 1.165) is 12.8 Å². The summed E-state index contributed by atoms with van der Waals surface area (Å²) in [6, 6.07) is 3.12. The summed E-state index contributed by atoms with van der Waals surface area (Å²) in [6.45, 7) is 0.432. The monoisotopic (exact) mass is 311 g/mol. The first-order valence-corrected chi connectivity index (χ1v) is 6.84. The molecule has 1 saturated heterocycles. The van der Waals surface area contributed by atoms with Crippen LogP contribution in [0.25, 0.3) is 0 Å². The average Bonchev–Trinajstić information content (AvgIpc) is 2.45. The summed E-state index contributed by atoms with van der Waals surface area (Å²) in [7, 11) is 0. The van der Waals surface area contributed by atoms with Crippen molar-refractivity contribution in [1.29, 1.82) is 0 Å². The van der Waals surface area contributed by atoms with Crippen LogP contribution in [0.1, 0.15) is 29.6 Å². The predicted octanol–water partition coefficient (Wildman–Crippen LogP) is 1.73. The van der Waals surface area contributed by atoms with Crippen LogP contribution in [-0.2, 0) is 4.79 Å². The van der Waals surface area contributed by atoms with Gasteiger partial charge in [0, 0.05) is 18.2 Å². The van der Waals surface area contributed by atoms with E-state index in [0.29, 0.717) is 13.0 Å². The molecule has 2 rings (SSSR count). The zero-order chi connectivity index (χ0) is 15.6. The van der Waals surface area contributed by atoms with Crippen molar-refractivity contribution in [2.24, 2.45) is 5.73 Å². The number of hydrogen-bond acceptors (Lipinski definition) is 4. The fourth-order valence-electron chi connectivity index (χ4n) is 2.42. The zero-order valence-corrected chi connectivity index (χ0v) is 11.9. The fraction of sp³-hybridized carbons (Fsp3) is 0.385. The number of carbonyl (C=O) groups excluding carboxylic acids is 2. The molecule has 21 heavy (non-hydrogen) atoms. The van der Waals surface area contributed by atoms with Crippen LogP contribution in [0.2, 0.25) is 5.02 Å². The first-order chi connectivity index (χ1) is 9.91. The third-order valence-electron chi connectivity index (χ3n) is 3.48. The van der Waals surface area contributed by atoms with Crippen molar-refractivity contribution in [3.63, 3.8) is 0 Å². The minimum Gasteiger partial charge on any atom is -0.368 e. The zero-order valence-electron chi connectivity index (χ0n) is 11.1. The van der Waals surface area contributed by atoms with Gasteiger partial charge in [-0.1, -0.05) is 11.6 Å². The summed E-state index contributed by atoms with van der Waals surface area (Å²) in [5.41, 5.74) is 5.26. The van der Waals surface area contributed by atoms with Gasteiger partial charge in [0.1, 0.15) is 11.1 Å². The van der Waals surface area contributed by atoms with Gasteiger partial charge >= 0.3 is 0 Å². The van der Waals surface area contributed by atoms with Crippen molar-refractivity contribution in [3.05, 3.63) is 38.9 Å². The van der Waals surface area contributed by atoms with Gasteiger partial charge in [-0.05, 0) is 31.4 Å². The Hall–Kier alpha value is -2.15. The van der Waals surface area contributed by atoms with Gasteiger partial charge in [0.2, 0.25) is 5.91 Å². The Morgan fingerprint density at radius 2 is 2.10 bits per heavy atom. The SMILES string of the molecule is NC(=O)C1CCCCN1C(=O)c1ccc([N+](=O)[O-])c(Cl)c1. The van der Waals surface area contributed by atoms with Crippen molar-refractivity contribution >= 4 is 29.1 Å². The van der Waals surface area contributed by atoms with Gasteiger partial charge in [0.15, 0.2) is 0 Å². The van der Waals surface area contributed by atoms with Crippen LogP contribution in [-0.4, -0.2) is 34.2 Å². The van der Waals surface area contributed by atoms with Gasteiger partial charge in [-0.25, -0.2) is 0 Å². The van der Waals surface area contributed by atoms with Gasteiger partial charge in [-0.3, -0.25) is 19.7 Å². The number of nitro groups is 1. The number of benzene rings is 1. The van der Waals surface area contributed by atoms with Crippen LogP contribution in [0, 0.1) is 10.1 Å². The Morgan fingerprint density at radius 3 is 2.67 bits per heavy atom. The summed E-state index contributed by atoms with van der Waals surface area (Å²) >= 11 is 5.80. The molecule has 112 valence electrons. The van der Waals surface area contributed by atoms with Crippen LogP contribution >= 0.6 is 11.6 Å². The van der Waals surface area contributed by atoms with Crippen LogP contribution in [0.4, 0.5) is 5.69 Å². The second-order valence-electron chi connectivity index (χ2n) is 4.84. The lowest BCUT2D eigenvalue weighted by Gasteiger charge is -2.33. The van der Waals surface area contributed by atoms with Gasteiger partial charge in [-0.15, -0.1) is 0 Å². The van der Waals surface area contributed by atoms with E-state index in [9.17, 15) is 19.7 Å². The smallest absolute Gasteiger partial charge is 0.287 e. The molecule has 2 N–H and O–H groups in total. The van der Waals surface area contributed by atoms with Crippen molar-refractivity contribution in [2.75, 3.05) is 6.54 Å². The predicted molar refractivity (Wildman–Crippen MR) is 76.0 cm³/mol. The van der Waals surface area contributed by atoms with E-state index < -0.39 is 22.8 Å². The summed E-state index contributed by atoms with van der Waals surface area (Å²) in [5.74, 6) is -0.939. The number of primary amides is 1. The van der Waals surface area contributed by atoms with E-state index in [-0.39, 0.29) is 16.3 Å². The second-order valence-corrected chi connectivity index (χ2v) is 5.24. The molecule has 0 radical (unpaired) electrons. The molecule has 0 saturated carbocycles. The molecular formula is C13H14ClN3O4. The standard InChI is InChI=1S/C13H14ClN3O4/c14-9-7-8(4-5-10(9)17(20)21)13(19)16-6-2-1-3-11(16)12(15)18/h4-5,7,11H,1-3,6H2,(H2,15,18). The molecule has 0 aliphatic carbocycles. The quantitative estimate of drug-likeness (QED) is 0.677. The van der Waals surface area contributed by atoms with E-state index in [2.05, 4.69) is 0 Å². The minimum atomic E-state index is -0.639. The summed E-state index contributed by atoms with van der Waals surface area (Å²) in [5, 5.41) is 10.6. The number of piperidine rings is 1. The highest BCUT2D eigenvalue weighted by Gasteiger charge is 2.31. The topological polar surface area (TPSA) is 107 Å². The highest BCUT2D eigenvalue weighted by molar-refractivity contribution is 6.33. The van der Waals surface area contributed by atoms with Gasteiger partial charge in [0.25, 0.3) is 11.6 Å². The van der Waals surface area contributed by atoms with Crippen molar-refractivity contribution in [2.45, 2.75) is 25.3 Å². The Morgan fingerprint density at radius 1 is 1.38 bits per heavy atom. The highest BCUT2D eigenvalue weighted by Crippen LogP contribution is 2.27. The maximum atomic E-state index is 12.4. The molecule has 0 bridgehead atoms. The number of hydrogen-bond donors (Lipinski definition) is 1. The molecule has 1 aromatic carbocycles. The number of nitrogens with two attached hydrogens (primary N) is 1. The largest absolute Gasteiger partial charge is 0.368 e. The lowest BCUT2D eigenvalue weighted by Crippen LogP contribution is -2.50. The molecule has 1 fully saturated rings. The minimum absolute atomic E-state index is 0.113. The maximum absolute atomic E-state index is 12.4. The lowest BCUT2D eigenvalue weighted by atomic mass is 10.00. The number of nitro benzene ring substituents is 1. The molecule has 1 atom stereocenters. The van der Waals surface area contributed by atoms with Crippen LogP contribution in [0.5, 0.6) is 0 Å². The fourth-order valence-corrected chi connectivity index (χ4v) is 2.67. The second kappa shape index (κ2) is 6.09. The number of likely N-dealkylation sites (tertiary alicyclic amines) is 1. The van der Waals surface area contributed by atoms with E-state index in [4.69, 9.17) is 17.3 Å². The maximum Gasteiger partial charge on any atom is 0.287 e. The highest BCUT2D eigenvalue weighted by atomic mass is 35.5. The third-order valence-corrected chi connectivity index (χ3v) is 3.79. The van der Waals surface area contributed by atoms with E-state index in [1.54, 1.807) is 0 Å². The molecule has 2 amide bonds. The lowest BCUT2D eigenvalue weighted by molar-refractivity contribution is -0.384. The molecular weight excluding hydrogens is 298 g/mol. The van der Waals surface area contributed by atoms with Crippen LogP contribution in [0.15, 0.2) is 18.2 Å². The van der Waals surface area contributed by atoms with Crippen molar-refractivity contribution in [3.8, 4) is 0 Å². The van der Waals surface area contributed by atoms with Crippen molar-refractivity contribution in [1.82, 2.24) is 4.90 Å². The first-order valence-electron chi connectivity index (χ1n) is 6.46. The molecule has 7 nitrogen and oxygen atoms in total. The summed E-state index contributed by atoms with van der Waals surface area (Å²) in [4.78, 5) is 35.4. The Kier molecular flexibility index (Phi) is 4.42. The Bertz CT molecular complexity index is 605. The third kappa shape index (κ3) is 3.13. The van der Waals surface area contributed by atoms with E-state index in [1.165, 1.54) is 23.1 Å². The molecule has 1 aliphatic rings. The number of halogens is 1. The summed E-state index contributed by atoms with van der Waals surface area (Å²) in [6.07, 6.45) is 2.15. The Labute approximate surface area is 125 Å². The molecule has 0 spiro atoms. The van der Waals surface area contributed by atoms with E-state index in [1.807, 2.05) is 0 Å². The number of rotatable bonds is 3. The van der Waals surface area contributed by atoms with Gasteiger partial charge < -0.3 is 10.6 Å². The van der Waals surface area contributed by atoms with Gasteiger partial charge in [-0.2, -0.15) is 0 Å². The molecule has 8 heteroatoms. The van der Waals surface area contributed by atoms with Crippen molar-refractivity contribution < 1.29 is 14.5 Å². The first kappa shape index (κ1) is 15.2. The number of carbonyl (C=O) groups is 2. The average molecular weight is 312 g/mol. The normalized spacial score (nSPS) is 18.3. The molecule has 1 heterocycles. The van der Waals surface area contributed by atoms with Crippen LogP contribution < -0.4 is 5.73 Å².